The molecule has 1 saturated carbocycles. The molecular weight excluding hydrogens is 224 g/mol. The summed E-state index contributed by atoms with van der Waals surface area (Å²) in [7, 11) is 0. The minimum Gasteiger partial charge on any atom is -0.369 e. The number of aromatic nitrogens is 2. The fourth-order valence-corrected chi connectivity index (χ4v) is 2.60. The molecule has 0 unspecified atom stereocenters. The zero-order valence-electron chi connectivity index (χ0n) is 11.3. The number of nitrogens with zero attached hydrogens (tertiary/aromatic N) is 2. The molecule has 1 heterocycles. The Hall–Kier alpha value is -1.32. The highest BCUT2D eigenvalue weighted by molar-refractivity contribution is 5.41. The zero-order chi connectivity index (χ0) is 12.6. The summed E-state index contributed by atoms with van der Waals surface area (Å²) in [4.78, 5) is 8.64. The van der Waals surface area contributed by atoms with Crippen LogP contribution in [0.2, 0.25) is 0 Å². The van der Waals surface area contributed by atoms with E-state index in [0.29, 0.717) is 0 Å². The van der Waals surface area contributed by atoms with Crippen LogP contribution in [-0.4, -0.2) is 23.1 Å². The van der Waals surface area contributed by atoms with Gasteiger partial charge < -0.3 is 10.6 Å². The van der Waals surface area contributed by atoms with Gasteiger partial charge in [-0.05, 0) is 19.3 Å². The molecule has 1 fully saturated rings. The summed E-state index contributed by atoms with van der Waals surface area (Å²) in [5.74, 6) is 2.64. The van der Waals surface area contributed by atoms with Crippen molar-refractivity contribution in [3.8, 4) is 0 Å². The molecule has 1 aliphatic rings. The van der Waals surface area contributed by atoms with E-state index < -0.39 is 0 Å². The van der Waals surface area contributed by atoms with Crippen molar-refractivity contribution < 1.29 is 0 Å². The van der Waals surface area contributed by atoms with Crippen LogP contribution in [0, 0.1) is 5.92 Å². The van der Waals surface area contributed by atoms with E-state index in [1.165, 1.54) is 38.5 Å². The number of nitrogens with one attached hydrogen (secondary N) is 2. The lowest BCUT2D eigenvalue weighted by atomic mass is 9.87. The zero-order valence-corrected chi connectivity index (χ0v) is 11.3. The maximum Gasteiger partial charge on any atom is 0.146 e. The molecule has 0 amide bonds. The maximum absolute atomic E-state index is 4.46. The smallest absolute Gasteiger partial charge is 0.146 e. The fourth-order valence-electron chi connectivity index (χ4n) is 2.60. The highest BCUT2D eigenvalue weighted by Crippen LogP contribution is 2.26. The largest absolute Gasteiger partial charge is 0.369 e. The van der Waals surface area contributed by atoms with E-state index >= 15 is 0 Å². The van der Waals surface area contributed by atoms with Crippen molar-refractivity contribution in [2.24, 2.45) is 5.92 Å². The molecule has 0 radical (unpaired) electrons. The van der Waals surface area contributed by atoms with Crippen LogP contribution in [0.3, 0.4) is 0 Å². The lowest BCUT2D eigenvalue weighted by molar-refractivity contribution is 0.345. The van der Waals surface area contributed by atoms with Crippen LogP contribution in [0.4, 0.5) is 11.6 Å². The molecule has 2 N–H and O–H groups in total. The molecule has 0 aromatic carbocycles. The van der Waals surface area contributed by atoms with Crippen LogP contribution < -0.4 is 10.6 Å². The van der Waals surface area contributed by atoms with Crippen molar-refractivity contribution in [3.63, 3.8) is 0 Å². The Kier molecular flexibility index (Phi) is 5.24. The van der Waals surface area contributed by atoms with Crippen LogP contribution in [0.5, 0.6) is 0 Å². The van der Waals surface area contributed by atoms with Gasteiger partial charge in [-0.2, -0.15) is 0 Å². The topological polar surface area (TPSA) is 49.8 Å². The van der Waals surface area contributed by atoms with E-state index in [9.17, 15) is 0 Å². The molecule has 0 bridgehead atoms. The van der Waals surface area contributed by atoms with Crippen molar-refractivity contribution in [1.29, 1.82) is 0 Å². The first-order valence-electron chi connectivity index (χ1n) is 7.18. The Morgan fingerprint density at radius 3 is 2.56 bits per heavy atom. The highest BCUT2D eigenvalue weighted by atomic mass is 15.1. The second kappa shape index (κ2) is 7.19. The van der Waals surface area contributed by atoms with Crippen LogP contribution in [-0.2, 0) is 0 Å². The summed E-state index contributed by atoms with van der Waals surface area (Å²) in [5, 5.41) is 6.55. The van der Waals surface area contributed by atoms with Crippen LogP contribution in [0.15, 0.2) is 12.4 Å². The molecule has 2 rings (SSSR count). The van der Waals surface area contributed by atoms with E-state index in [2.05, 4.69) is 27.5 Å². The standard InChI is InChI=1S/C14H24N4/c1-2-16-13-10-15-11-14(18-13)17-9-8-12-6-4-3-5-7-12/h10-12H,2-9H2,1H3,(H2,16,17,18). The summed E-state index contributed by atoms with van der Waals surface area (Å²) in [6.45, 7) is 3.94. The molecule has 1 aromatic heterocycles. The van der Waals surface area contributed by atoms with Gasteiger partial charge in [-0.3, -0.25) is 4.98 Å². The van der Waals surface area contributed by atoms with Crippen LogP contribution in [0.1, 0.15) is 45.4 Å². The molecule has 0 atom stereocenters. The molecule has 4 heteroatoms. The molecular formula is C14H24N4. The van der Waals surface area contributed by atoms with E-state index in [0.717, 1.165) is 30.6 Å². The predicted octanol–water partition coefficient (Wildman–Crippen LogP) is 3.29. The summed E-state index contributed by atoms with van der Waals surface area (Å²) >= 11 is 0. The van der Waals surface area contributed by atoms with E-state index in [1.807, 2.05) is 0 Å². The van der Waals surface area contributed by atoms with Crippen molar-refractivity contribution >= 4 is 11.6 Å². The number of anilines is 2. The van der Waals surface area contributed by atoms with Gasteiger partial charge in [0.25, 0.3) is 0 Å². The minimum absolute atomic E-state index is 0.847. The number of rotatable bonds is 6. The lowest BCUT2D eigenvalue weighted by Gasteiger charge is -2.21. The number of hydrogen-bond acceptors (Lipinski definition) is 4. The van der Waals surface area contributed by atoms with Gasteiger partial charge in [0.15, 0.2) is 0 Å². The monoisotopic (exact) mass is 248 g/mol. The quantitative estimate of drug-likeness (QED) is 0.811. The summed E-state index contributed by atoms with van der Waals surface area (Å²) in [6.07, 6.45) is 11.9. The molecule has 1 aliphatic carbocycles. The Morgan fingerprint density at radius 1 is 1.11 bits per heavy atom. The van der Waals surface area contributed by atoms with Gasteiger partial charge >= 0.3 is 0 Å². The van der Waals surface area contributed by atoms with Crippen molar-refractivity contribution in [3.05, 3.63) is 12.4 Å². The Labute approximate surface area is 110 Å². The second-order valence-electron chi connectivity index (χ2n) is 5.04. The SMILES string of the molecule is CCNc1cncc(NCCC2CCCCC2)n1. The summed E-state index contributed by atoms with van der Waals surface area (Å²) < 4.78 is 0. The molecule has 18 heavy (non-hydrogen) atoms. The van der Waals surface area contributed by atoms with Crippen LogP contribution >= 0.6 is 0 Å². The van der Waals surface area contributed by atoms with E-state index in [1.54, 1.807) is 12.4 Å². The van der Waals surface area contributed by atoms with Crippen molar-refractivity contribution in [1.82, 2.24) is 9.97 Å². The van der Waals surface area contributed by atoms with Gasteiger partial charge in [0.1, 0.15) is 11.6 Å². The van der Waals surface area contributed by atoms with Gasteiger partial charge in [0.05, 0.1) is 12.4 Å². The van der Waals surface area contributed by atoms with Gasteiger partial charge in [-0.25, -0.2) is 4.98 Å². The molecule has 100 valence electrons. The molecule has 0 saturated heterocycles. The number of hydrogen-bond donors (Lipinski definition) is 2. The van der Waals surface area contributed by atoms with Gasteiger partial charge in [-0.15, -0.1) is 0 Å². The maximum atomic E-state index is 4.46. The normalized spacial score (nSPS) is 16.5. The third-order valence-electron chi connectivity index (χ3n) is 3.58. The Bertz CT molecular complexity index is 347. The Balaban J connectivity index is 1.73. The Morgan fingerprint density at radius 2 is 1.83 bits per heavy atom. The van der Waals surface area contributed by atoms with Gasteiger partial charge in [0.2, 0.25) is 0 Å². The van der Waals surface area contributed by atoms with Gasteiger partial charge in [0, 0.05) is 13.1 Å². The fraction of sp³-hybridized carbons (Fsp3) is 0.714. The highest BCUT2D eigenvalue weighted by Gasteiger charge is 2.12. The average Bonchev–Trinajstić information content (AvgIpc) is 2.41. The van der Waals surface area contributed by atoms with Crippen molar-refractivity contribution in [2.45, 2.75) is 45.4 Å². The van der Waals surface area contributed by atoms with Crippen molar-refractivity contribution in [2.75, 3.05) is 23.7 Å². The summed E-state index contributed by atoms with van der Waals surface area (Å²) in [6, 6.07) is 0. The minimum atomic E-state index is 0.847. The third kappa shape index (κ3) is 4.17. The first-order chi connectivity index (χ1) is 8.88. The molecule has 4 nitrogen and oxygen atoms in total. The first kappa shape index (κ1) is 13.1. The van der Waals surface area contributed by atoms with E-state index in [4.69, 9.17) is 0 Å². The third-order valence-corrected chi connectivity index (χ3v) is 3.58. The predicted molar refractivity (Wildman–Crippen MR) is 75.9 cm³/mol. The molecule has 0 spiro atoms. The van der Waals surface area contributed by atoms with E-state index in [-0.39, 0.29) is 0 Å². The second-order valence-corrected chi connectivity index (χ2v) is 5.04. The lowest BCUT2D eigenvalue weighted by Crippen LogP contribution is -2.13. The van der Waals surface area contributed by atoms with Crippen LogP contribution in [0.25, 0.3) is 0 Å². The van der Waals surface area contributed by atoms with Gasteiger partial charge in [-0.1, -0.05) is 32.1 Å². The molecule has 0 aliphatic heterocycles. The first-order valence-corrected chi connectivity index (χ1v) is 7.18. The average molecular weight is 248 g/mol. The summed E-state index contributed by atoms with van der Waals surface area (Å²) in [5.41, 5.74) is 0. The molecule has 1 aromatic rings.